The molecule has 0 unspecified atom stereocenters. The van der Waals surface area contributed by atoms with Crippen LogP contribution in [0, 0.1) is 23.0 Å². The predicted octanol–water partition coefficient (Wildman–Crippen LogP) is 4.74. The van der Waals surface area contributed by atoms with Crippen molar-refractivity contribution in [2.45, 2.75) is 25.3 Å². The van der Waals surface area contributed by atoms with E-state index in [1.54, 1.807) is 19.2 Å². The number of aryl methyl sites for hydroxylation is 1. The van der Waals surface area contributed by atoms with Crippen LogP contribution >= 0.6 is 0 Å². The number of methoxy groups -OCH3 is 1. The van der Waals surface area contributed by atoms with Gasteiger partial charge in [-0.15, -0.1) is 0 Å². The maximum Gasteiger partial charge on any atom is 0.270 e. The normalized spacial score (nSPS) is 23.5. The van der Waals surface area contributed by atoms with Crippen molar-refractivity contribution in [2.75, 3.05) is 12.4 Å². The van der Waals surface area contributed by atoms with Crippen molar-refractivity contribution in [3.8, 4) is 5.75 Å². The highest BCUT2D eigenvalue weighted by Gasteiger charge is 2.39. The molecular formula is C20H20N2O3. The summed E-state index contributed by atoms with van der Waals surface area (Å²) in [7, 11) is 1.67. The lowest BCUT2D eigenvalue weighted by Crippen LogP contribution is -2.29. The largest absolute Gasteiger partial charge is 0.497 e. The number of nitrogens with zero attached hydrogens (tertiary/aromatic N) is 1. The molecule has 128 valence electrons. The van der Waals surface area contributed by atoms with E-state index >= 15 is 0 Å². The van der Waals surface area contributed by atoms with Crippen LogP contribution in [0.25, 0.3) is 0 Å². The summed E-state index contributed by atoms with van der Waals surface area (Å²) in [6, 6.07) is 11.7. The van der Waals surface area contributed by atoms with Gasteiger partial charge in [0.1, 0.15) is 5.75 Å². The molecule has 5 nitrogen and oxygen atoms in total. The highest BCUT2D eigenvalue weighted by Crippen LogP contribution is 2.51. The lowest BCUT2D eigenvalue weighted by molar-refractivity contribution is -0.385. The Hall–Kier alpha value is -2.82. The van der Waals surface area contributed by atoms with Crippen LogP contribution in [-0.4, -0.2) is 12.0 Å². The Kier molecular flexibility index (Phi) is 3.71. The third-order valence-corrected chi connectivity index (χ3v) is 5.31. The number of nitro benzene ring substituents is 1. The Balaban J connectivity index is 1.81. The first kappa shape index (κ1) is 15.7. The average Bonchev–Trinajstić information content (AvgIpc) is 3.11. The third kappa shape index (κ3) is 2.56. The summed E-state index contributed by atoms with van der Waals surface area (Å²) in [5, 5.41) is 14.9. The number of nitrogens with one attached hydrogen (secondary N) is 1. The number of hydrogen-bond donors (Lipinski definition) is 1. The summed E-state index contributed by atoms with van der Waals surface area (Å²) in [4.78, 5) is 10.9. The van der Waals surface area contributed by atoms with Crippen molar-refractivity contribution in [3.63, 3.8) is 0 Å². The van der Waals surface area contributed by atoms with Crippen molar-refractivity contribution >= 4 is 11.4 Å². The molecule has 1 heterocycles. The molecule has 0 spiro atoms. The summed E-state index contributed by atoms with van der Waals surface area (Å²) < 4.78 is 5.37. The Morgan fingerprint density at radius 2 is 2.12 bits per heavy atom. The van der Waals surface area contributed by atoms with E-state index < -0.39 is 0 Å². The van der Waals surface area contributed by atoms with E-state index in [1.807, 2.05) is 19.1 Å². The minimum absolute atomic E-state index is 0.155. The van der Waals surface area contributed by atoms with Crippen molar-refractivity contribution in [1.82, 2.24) is 0 Å². The van der Waals surface area contributed by atoms with E-state index in [-0.39, 0.29) is 22.6 Å². The fraction of sp³-hybridized carbons (Fsp3) is 0.300. The van der Waals surface area contributed by atoms with Gasteiger partial charge in [-0.1, -0.05) is 24.3 Å². The molecule has 2 aliphatic rings. The SMILES string of the molecule is COc1cccc([C@@H]2Nc3c(C)cc([N+](=O)[O-])cc3[C@@H]3C=CC[C@H]32)c1. The van der Waals surface area contributed by atoms with Crippen LogP contribution in [0.4, 0.5) is 11.4 Å². The standard InChI is InChI=1S/C20H20N2O3/c1-12-9-14(22(23)24)11-18-16-7-4-8-17(16)20(21-19(12)18)13-5-3-6-15(10-13)25-2/h3-7,9-11,16-17,20-21H,8H2,1-2H3/t16-,17-,20+/m1/s1. The monoisotopic (exact) mass is 336 g/mol. The van der Waals surface area contributed by atoms with Gasteiger partial charge in [0.25, 0.3) is 5.69 Å². The minimum Gasteiger partial charge on any atom is -0.497 e. The maximum atomic E-state index is 11.2. The zero-order chi connectivity index (χ0) is 17.6. The highest BCUT2D eigenvalue weighted by atomic mass is 16.6. The van der Waals surface area contributed by atoms with Gasteiger partial charge in [0, 0.05) is 23.7 Å². The number of non-ortho nitro benzene ring substituents is 1. The minimum atomic E-state index is -0.310. The smallest absolute Gasteiger partial charge is 0.270 e. The van der Waals surface area contributed by atoms with Crippen molar-refractivity contribution in [3.05, 3.63) is 75.4 Å². The van der Waals surface area contributed by atoms with Crippen molar-refractivity contribution in [2.24, 2.45) is 5.92 Å². The van der Waals surface area contributed by atoms with E-state index in [2.05, 4.69) is 29.6 Å². The number of ether oxygens (including phenoxy) is 1. The molecule has 0 bridgehead atoms. The van der Waals surface area contributed by atoms with E-state index in [0.29, 0.717) is 5.92 Å². The van der Waals surface area contributed by atoms with E-state index in [9.17, 15) is 10.1 Å². The molecule has 1 aliphatic heterocycles. The fourth-order valence-electron chi connectivity index (χ4n) is 4.14. The Morgan fingerprint density at radius 1 is 1.28 bits per heavy atom. The molecule has 2 aromatic rings. The third-order valence-electron chi connectivity index (χ3n) is 5.31. The first-order chi connectivity index (χ1) is 12.1. The van der Waals surface area contributed by atoms with E-state index in [1.165, 1.54) is 5.56 Å². The molecule has 0 saturated carbocycles. The molecule has 5 heteroatoms. The maximum absolute atomic E-state index is 11.2. The lowest BCUT2D eigenvalue weighted by atomic mass is 9.76. The summed E-state index contributed by atoms with van der Waals surface area (Å²) in [5.41, 5.74) is 4.31. The van der Waals surface area contributed by atoms with Gasteiger partial charge >= 0.3 is 0 Å². The molecule has 25 heavy (non-hydrogen) atoms. The second kappa shape index (κ2) is 5.92. The summed E-state index contributed by atoms with van der Waals surface area (Å²) in [5.74, 6) is 1.39. The van der Waals surface area contributed by atoms with Crippen LogP contribution in [0.15, 0.2) is 48.6 Å². The molecule has 1 aliphatic carbocycles. The Morgan fingerprint density at radius 3 is 2.88 bits per heavy atom. The van der Waals surface area contributed by atoms with Gasteiger partial charge in [0.2, 0.25) is 0 Å². The van der Waals surface area contributed by atoms with Gasteiger partial charge in [0.05, 0.1) is 18.1 Å². The number of rotatable bonds is 3. The van der Waals surface area contributed by atoms with Crippen LogP contribution in [0.3, 0.4) is 0 Å². The fourth-order valence-corrected chi connectivity index (χ4v) is 4.14. The average molecular weight is 336 g/mol. The molecule has 4 rings (SSSR count). The number of nitro groups is 1. The second-order valence-corrected chi connectivity index (χ2v) is 6.74. The van der Waals surface area contributed by atoms with Gasteiger partial charge < -0.3 is 10.1 Å². The van der Waals surface area contributed by atoms with Crippen LogP contribution in [0.2, 0.25) is 0 Å². The highest BCUT2D eigenvalue weighted by molar-refractivity contribution is 5.67. The first-order valence-electron chi connectivity index (χ1n) is 8.44. The molecule has 3 atom stereocenters. The molecule has 2 aromatic carbocycles. The zero-order valence-corrected chi connectivity index (χ0v) is 14.2. The molecule has 0 saturated heterocycles. The number of hydrogen-bond acceptors (Lipinski definition) is 4. The number of benzene rings is 2. The van der Waals surface area contributed by atoms with E-state index in [0.717, 1.165) is 29.0 Å². The van der Waals surface area contributed by atoms with Gasteiger partial charge in [0.15, 0.2) is 0 Å². The summed E-state index contributed by atoms with van der Waals surface area (Å²) in [6.07, 6.45) is 5.34. The van der Waals surface area contributed by atoms with Gasteiger partial charge in [-0.05, 0) is 48.1 Å². The molecule has 0 aromatic heterocycles. The Bertz CT molecular complexity index is 875. The molecule has 0 radical (unpaired) electrons. The van der Waals surface area contributed by atoms with E-state index in [4.69, 9.17) is 4.74 Å². The Labute approximate surface area is 146 Å². The second-order valence-electron chi connectivity index (χ2n) is 6.74. The zero-order valence-electron chi connectivity index (χ0n) is 14.2. The molecule has 0 fully saturated rings. The molecule has 0 amide bonds. The molecular weight excluding hydrogens is 316 g/mol. The number of allylic oxidation sites excluding steroid dienone is 2. The van der Waals surface area contributed by atoms with Gasteiger partial charge in [-0.2, -0.15) is 0 Å². The first-order valence-corrected chi connectivity index (χ1v) is 8.44. The van der Waals surface area contributed by atoms with Crippen LogP contribution in [0.5, 0.6) is 5.75 Å². The quantitative estimate of drug-likeness (QED) is 0.499. The lowest BCUT2D eigenvalue weighted by Gasteiger charge is -2.38. The molecule has 1 N–H and O–H groups in total. The van der Waals surface area contributed by atoms with Crippen LogP contribution < -0.4 is 10.1 Å². The van der Waals surface area contributed by atoms with Crippen LogP contribution in [0.1, 0.15) is 35.1 Å². The van der Waals surface area contributed by atoms with Crippen molar-refractivity contribution in [1.29, 1.82) is 0 Å². The summed E-state index contributed by atoms with van der Waals surface area (Å²) >= 11 is 0. The number of anilines is 1. The van der Waals surface area contributed by atoms with Gasteiger partial charge in [-0.25, -0.2) is 0 Å². The summed E-state index contributed by atoms with van der Waals surface area (Å²) in [6.45, 7) is 1.93. The van der Waals surface area contributed by atoms with Gasteiger partial charge in [-0.3, -0.25) is 10.1 Å². The van der Waals surface area contributed by atoms with Crippen LogP contribution in [-0.2, 0) is 0 Å². The number of fused-ring (bicyclic) bond motifs is 3. The van der Waals surface area contributed by atoms with Crippen molar-refractivity contribution < 1.29 is 9.66 Å². The predicted molar refractivity (Wildman–Crippen MR) is 97.2 cm³/mol. The topological polar surface area (TPSA) is 64.4 Å².